The van der Waals surface area contributed by atoms with Crippen molar-refractivity contribution in [1.82, 2.24) is 5.32 Å². The summed E-state index contributed by atoms with van der Waals surface area (Å²) in [5, 5.41) is 2.75. The van der Waals surface area contributed by atoms with Crippen LogP contribution >= 0.6 is 0 Å². The molecule has 4 heteroatoms. The Bertz CT molecular complexity index is 608. The number of benzene rings is 2. The quantitative estimate of drug-likeness (QED) is 0.911. The lowest BCUT2D eigenvalue weighted by molar-refractivity contribution is 0.0954. The van der Waals surface area contributed by atoms with Crippen molar-refractivity contribution in [3.63, 3.8) is 0 Å². The van der Waals surface area contributed by atoms with Gasteiger partial charge in [0, 0.05) is 12.1 Å². The molecule has 2 aromatic rings. The summed E-state index contributed by atoms with van der Waals surface area (Å²) in [7, 11) is 0. The van der Waals surface area contributed by atoms with Gasteiger partial charge in [0.1, 0.15) is 11.6 Å². The molecule has 0 saturated carbocycles. The summed E-state index contributed by atoms with van der Waals surface area (Å²) in [6.07, 6.45) is 0.624. The topological polar surface area (TPSA) is 29.1 Å². The molecule has 104 valence electrons. The molecule has 0 aliphatic heterocycles. The third-order valence-corrected chi connectivity index (χ3v) is 3.09. The van der Waals surface area contributed by atoms with Gasteiger partial charge in [-0.1, -0.05) is 6.07 Å². The molecule has 0 aliphatic carbocycles. The maximum Gasteiger partial charge on any atom is 0.251 e. The monoisotopic (exact) mass is 275 g/mol. The molecule has 2 nitrogen and oxygen atoms in total. The zero-order valence-electron chi connectivity index (χ0n) is 11.1. The molecule has 0 bridgehead atoms. The van der Waals surface area contributed by atoms with Crippen molar-refractivity contribution in [2.45, 2.75) is 13.3 Å². The first kappa shape index (κ1) is 14.2. The second kappa shape index (κ2) is 6.28. The van der Waals surface area contributed by atoms with Crippen LogP contribution in [0, 0.1) is 18.6 Å². The van der Waals surface area contributed by atoms with Crippen LogP contribution in [-0.2, 0) is 6.42 Å². The van der Waals surface area contributed by atoms with E-state index >= 15 is 0 Å². The van der Waals surface area contributed by atoms with E-state index in [9.17, 15) is 13.6 Å². The first-order valence-electron chi connectivity index (χ1n) is 6.35. The minimum absolute atomic E-state index is 0.246. The van der Waals surface area contributed by atoms with Crippen LogP contribution in [0.3, 0.4) is 0 Å². The third kappa shape index (κ3) is 3.63. The molecule has 1 N–H and O–H groups in total. The lowest BCUT2D eigenvalue weighted by Gasteiger charge is -2.08. The number of rotatable bonds is 4. The van der Waals surface area contributed by atoms with Crippen molar-refractivity contribution >= 4 is 5.91 Å². The van der Waals surface area contributed by atoms with Gasteiger partial charge >= 0.3 is 0 Å². The number of hydrogen-bond donors (Lipinski definition) is 1. The average molecular weight is 275 g/mol. The van der Waals surface area contributed by atoms with E-state index in [0.717, 1.165) is 11.1 Å². The fourth-order valence-corrected chi connectivity index (χ4v) is 1.95. The maximum absolute atomic E-state index is 13.0. The normalized spacial score (nSPS) is 10.3. The van der Waals surface area contributed by atoms with Crippen molar-refractivity contribution in [3.8, 4) is 0 Å². The van der Waals surface area contributed by atoms with Gasteiger partial charge in [-0.05, 0) is 60.9 Å². The fourth-order valence-electron chi connectivity index (χ4n) is 1.95. The van der Waals surface area contributed by atoms with E-state index in [1.807, 2.05) is 6.92 Å². The average Bonchev–Trinajstić information content (AvgIpc) is 2.42. The number of amides is 1. The van der Waals surface area contributed by atoms with E-state index in [0.29, 0.717) is 18.5 Å². The first-order chi connectivity index (χ1) is 9.56. The fraction of sp³-hybridized carbons (Fsp3) is 0.188. The molecule has 2 rings (SSSR count). The van der Waals surface area contributed by atoms with Gasteiger partial charge in [0.2, 0.25) is 0 Å². The molecule has 2 aromatic carbocycles. The van der Waals surface area contributed by atoms with Crippen molar-refractivity contribution in [2.75, 3.05) is 6.54 Å². The lowest BCUT2D eigenvalue weighted by atomic mass is 10.1. The van der Waals surface area contributed by atoms with E-state index in [-0.39, 0.29) is 17.5 Å². The molecule has 0 atom stereocenters. The van der Waals surface area contributed by atoms with Crippen LogP contribution in [0.2, 0.25) is 0 Å². The highest BCUT2D eigenvalue weighted by atomic mass is 19.1. The van der Waals surface area contributed by atoms with Crippen LogP contribution in [-0.4, -0.2) is 12.5 Å². The molecule has 0 heterocycles. The highest BCUT2D eigenvalue weighted by Gasteiger charge is 2.05. The summed E-state index contributed by atoms with van der Waals surface area (Å²) in [5.74, 6) is -0.880. The van der Waals surface area contributed by atoms with E-state index < -0.39 is 0 Å². The predicted molar refractivity (Wildman–Crippen MR) is 73.6 cm³/mol. The Hall–Kier alpha value is -2.23. The van der Waals surface area contributed by atoms with Gasteiger partial charge < -0.3 is 5.32 Å². The highest BCUT2D eigenvalue weighted by molar-refractivity contribution is 5.94. The summed E-state index contributed by atoms with van der Waals surface area (Å²) in [6.45, 7) is 2.28. The highest BCUT2D eigenvalue weighted by Crippen LogP contribution is 2.10. The molecule has 0 saturated heterocycles. The smallest absolute Gasteiger partial charge is 0.251 e. The number of carbonyl (C=O) groups is 1. The summed E-state index contributed by atoms with van der Waals surface area (Å²) >= 11 is 0. The van der Waals surface area contributed by atoms with Gasteiger partial charge in [0.05, 0.1) is 0 Å². The lowest BCUT2D eigenvalue weighted by Crippen LogP contribution is -2.25. The van der Waals surface area contributed by atoms with Crippen LogP contribution in [0.15, 0.2) is 42.5 Å². The third-order valence-electron chi connectivity index (χ3n) is 3.09. The number of aryl methyl sites for hydroxylation is 1. The van der Waals surface area contributed by atoms with E-state index in [1.54, 1.807) is 6.07 Å². The SMILES string of the molecule is Cc1cc(F)ccc1CCNC(=O)c1ccc(F)cc1. The molecule has 1 amide bonds. The Balaban J connectivity index is 1.89. The summed E-state index contributed by atoms with van der Waals surface area (Å²) < 4.78 is 25.7. The number of halogens is 2. The van der Waals surface area contributed by atoms with E-state index in [4.69, 9.17) is 0 Å². The Kier molecular flexibility index (Phi) is 4.45. The second-order valence-electron chi connectivity index (χ2n) is 4.58. The van der Waals surface area contributed by atoms with Gasteiger partial charge in [0.15, 0.2) is 0 Å². The molecule has 0 fully saturated rings. The van der Waals surface area contributed by atoms with Gasteiger partial charge in [-0.2, -0.15) is 0 Å². The van der Waals surface area contributed by atoms with Crippen LogP contribution in [0.5, 0.6) is 0 Å². The van der Waals surface area contributed by atoms with E-state index in [2.05, 4.69) is 5.32 Å². The van der Waals surface area contributed by atoms with Crippen LogP contribution in [0.4, 0.5) is 8.78 Å². The molecular weight excluding hydrogens is 260 g/mol. The van der Waals surface area contributed by atoms with Gasteiger partial charge in [-0.25, -0.2) is 8.78 Å². The number of carbonyl (C=O) groups excluding carboxylic acids is 1. The number of hydrogen-bond acceptors (Lipinski definition) is 1. The van der Waals surface area contributed by atoms with Crippen molar-refractivity contribution in [2.24, 2.45) is 0 Å². The van der Waals surface area contributed by atoms with Crippen LogP contribution in [0.1, 0.15) is 21.5 Å². The Morgan fingerprint density at radius 1 is 1.05 bits per heavy atom. The molecule has 0 aromatic heterocycles. The molecule has 20 heavy (non-hydrogen) atoms. The van der Waals surface area contributed by atoms with Crippen molar-refractivity contribution < 1.29 is 13.6 Å². The van der Waals surface area contributed by atoms with Gasteiger partial charge in [0.25, 0.3) is 5.91 Å². The summed E-state index contributed by atoms with van der Waals surface area (Å²) in [4.78, 5) is 11.8. The van der Waals surface area contributed by atoms with Gasteiger partial charge in [-0.3, -0.25) is 4.79 Å². The standard InChI is InChI=1S/C16H15F2NO/c1-11-10-15(18)7-2-12(11)8-9-19-16(20)13-3-5-14(17)6-4-13/h2-7,10H,8-9H2,1H3,(H,19,20). The largest absolute Gasteiger partial charge is 0.352 e. The van der Waals surface area contributed by atoms with Gasteiger partial charge in [-0.15, -0.1) is 0 Å². The Morgan fingerprint density at radius 3 is 2.35 bits per heavy atom. The first-order valence-corrected chi connectivity index (χ1v) is 6.35. The summed E-state index contributed by atoms with van der Waals surface area (Å²) in [6, 6.07) is 9.97. The van der Waals surface area contributed by atoms with E-state index in [1.165, 1.54) is 36.4 Å². The maximum atomic E-state index is 13.0. The zero-order chi connectivity index (χ0) is 14.5. The molecule has 0 radical (unpaired) electrons. The Labute approximate surface area is 116 Å². The van der Waals surface area contributed by atoms with Crippen LogP contribution < -0.4 is 5.32 Å². The molecule has 0 unspecified atom stereocenters. The molecule has 0 aliphatic rings. The second-order valence-corrected chi connectivity index (χ2v) is 4.58. The molecule has 0 spiro atoms. The molecular formula is C16H15F2NO. The zero-order valence-corrected chi connectivity index (χ0v) is 11.1. The number of nitrogens with one attached hydrogen (secondary N) is 1. The minimum Gasteiger partial charge on any atom is -0.352 e. The Morgan fingerprint density at radius 2 is 1.70 bits per heavy atom. The minimum atomic E-state index is -0.372. The van der Waals surface area contributed by atoms with Crippen molar-refractivity contribution in [1.29, 1.82) is 0 Å². The summed E-state index contributed by atoms with van der Waals surface area (Å²) in [5.41, 5.74) is 2.27. The predicted octanol–water partition coefficient (Wildman–Crippen LogP) is 3.25. The van der Waals surface area contributed by atoms with Crippen molar-refractivity contribution in [3.05, 3.63) is 70.8 Å². The van der Waals surface area contributed by atoms with Crippen LogP contribution in [0.25, 0.3) is 0 Å².